The molecule has 6 nitrogen and oxygen atoms in total. The van der Waals surface area contributed by atoms with Crippen LogP contribution in [0.15, 0.2) is 18.6 Å². The zero-order valence-electron chi connectivity index (χ0n) is 13.1. The first kappa shape index (κ1) is 14.1. The van der Waals surface area contributed by atoms with Gasteiger partial charge in [-0.2, -0.15) is 0 Å². The molecule has 1 saturated heterocycles. The Morgan fingerprint density at radius 3 is 2.90 bits per heavy atom. The molecule has 1 aliphatic heterocycles. The molecule has 21 heavy (non-hydrogen) atoms. The van der Waals surface area contributed by atoms with E-state index in [2.05, 4.69) is 45.3 Å². The van der Waals surface area contributed by atoms with Gasteiger partial charge in [0.05, 0.1) is 6.20 Å². The van der Waals surface area contributed by atoms with E-state index in [-0.39, 0.29) is 0 Å². The summed E-state index contributed by atoms with van der Waals surface area (Å²) in [4.78, 5) is 14.1. The van der Waals surface area contributed by atoms with Gasteiger partial charge in [-0.05, 0) is 20.4 Å². The van der Waals surface area contributed by atoms with Crippen molar-refractivity contribution in [2.45, 2.75) is 26.8 Å². The van der Waals surface area contributed by atoms with Crippen molar-refractivity contribution in [2.24, 2.45) is 0 Å². The van der Waals surface area contributed by atoms with Crippen LogP contribution in [0.3, 0.4) is 0 Å². The van der Waals surface area contributed by atoms with Gasteiger partial charge in [0.2, 0.25) is 0 Å². The van der Waals surface area contributed by atoms with Crippen molar-refractivity contribution in [3.8, 4) is 0 Å². The van der Waals surface area contributed by atoms with E-state index in [9.17, 15) is 0 Å². The zero-order valence-corrected chi connectivity index (χ0v) is 13.1. The number of nitrogens with zero attached hydrogens (tertiary/aromatic N) is 5. The molecule has 0 saturated carbocycles. The minimum atomic E-state index is 0.545. The molecule has 3 rings (SSSR count). The maximum absolute atomic E-state index is 4.78. The second-order valence-electron chi connectivity index (χ2n) is 5.56. The number of hydrogen-bond acceptors (Lipinski definition) is 5. The van der Waals surface area contributed by atoms with E-state index >= 15 is 0 Å². The van der Waals surface area contributed by atoms with E-state index in [0.717, 1.165) is 50.0 Å². The molecule has 1 unspecified atom stereocenters. The lowest BCUT2D eigenvalue weighted by atomic mass is 10.2. The first-order valence-corrected chi connectivity index (χ1v) is 7.79. The summed E-state index contributed by atoms with van der Waals surface area (Å²) >= 11 is 0. The Kier molecular flexibility index (Phi) is 3.96. The lowest BCUT2D eigenvalue weighted by molar-refractivity contribution is 0.199. The fraction of sp³-hybridized carbons (Fsp3) is 0.600. The fourth-order valence-corrected chi connectivity index (χ4v) is 3.05. The Morgan fingerprint density at radius 2 is 2.19 bits per heavy atom. The van der Waals surface area contributed by atoms with Crippen molar-refractivity contribution in [3.05, 3.63) is 18.6 Å². The van der Waals surface area contributed by atoms with Gasteiger partial charge in [0, 0.05) is 44.6 Å². The van der Waals surface area contributed by atoms with Gasteiger partial charge in [-0.1, -0.05) is 6.92 Å². The lowest BCUT2D eigenvalue weighted by Gasteiger charge is -2.39. The predicted molar refractivity (Wildman–Crippen MR) is 86.1 cm³/mol. The molecule has 0 aliphatic carbocycles. The Labute approximate surface area is 125 Å². The highest BCUT2D eigenvalue weighted by Gasteiger charge is 2.25. The summed E-state index contributed by atoms with van der Waals surface area (Å²) in [6.45, 7) is 11.7. The smallest absolute Gasteiger partial charge is 0.180 e. The van der Waals surface area contributed by atoms with Crippen molar-refractivity contribution in [1.29, 1.82) is 0 Å². The van der Waals surface area contributed by atoms with Gasteiger partial charge in [-0.15, -0.1) is 0 Å². The summed E-state index contributed by atoms with van der Waals surface area (Å²) in [5.41, 5.74) is 0.939. The Morgan fingerprint density at radius 1 is 1.33 bits per heavy atom. The summed E-state index contributed by atoms with van der Waals surface area (Å²) in [6, 6.07) is 0.545. The van der Waals surface area contributed by atoms with Crippen LogP contribution in [0.1, 0.15) is 20.8 Å². The van der Waals surface area contributed by atoms with Gasteiger partial charge in [0.1, 0.15) is 5.82 Å². The molecule has 1 fully saturated rings. The monoisotopic (exact) mass is 288 g/mol. The van der Waals surface area contributed by atoms with Gasteiger partial charge in [-0.25, -0.2) is 9.97 Å². The lowest BCUT2D eigenvalue weighted by Crippen LogP contribution is -2.52. The third-order valence-electron chi connectivity index (χ3n) is 4.19. The first-order chi connectivity index (χ1) is 10.2. The molecule has 0 amide bonds. The van der Waals surface area contributed by atoms with Gasteiger partial charge in [0.15, 0.2) is 11.5 Å². The van der Waals surface area contributed by atoms with Crippen molar-refractivity contribution < 1.29 is 0 Å². The van der Waals surface area contributed by atoms with E-state index in [0.29, 0.717) is 6.04 Å². The SMILES string of the molecule is CCNc1cn2ccnc2c(N2CCN(CC)C(C)C2)n1. The summed E-state index contributed by atoms with van der Waals surface area (Å²) < 4.78 is 2.05. The Bertz CT molecular complexity index is 607. The molecule has 0 bridgehead atoms. The number of hydrogen-bond donors (Lipinski definition) is 1. The summed E-state index contributed by atoms with van der Waals surface area (Å²) in [5, 5.41) is 3.30. The summed E-state index contributed by atoms with van der Waals surface area (Å²) in [6.07, 6.45) is 5.82. The minimum Gasteiger partial charge on any atom is -0.369 e. The molecule has 1 atom stereocenters. The first-order valence-electron chi connectivity index (χ1n) is 7.79. The van der Waals surface area contributed by atoms with Crippen molar-refractivity contribution in [2.75, 3.05) is 42.9 Å². The second-order valence-corrected chi connectivity index (χ2v) is 5.56. The molecule has 2 aromatic rings. The van der Waals surface area contributed by atoms with Gasteiger partial charge >= 0.3 is 0 Å². The number of likely N-dealkylation sites (N-methyl/N-ethyl adjacent to an activating group) is 1. The number of aromatic nitrogens is 3. The summed E-state index contributed by atoms with van der Waals surface area (Å²) in [7, 11) is 0. The number of piperazine rings is 1. The molecular formula is C15H24N6. The minimum absolute atomic E-state index is 0.545. The normalized spacial score (nSPS) is 20.1. The number of nitrogens with one attached hydrogen (secondary N) is 1. The van der Waals surface area contributed by atoms with Crippen LogP contribution in [0.5, 0.6) is 0 Å². The fourth-order valence-electron chi connectivity index (χ4n) is 3.05. The van der Waals surface area contributed by atoms with Crippen LogP contribution in [-0.4, -0.2) is 58.0 Å². The average molecular weight is 288 g/mol. The van der Waals surface area contributed by atoms with Gasteiger partial charge < -0.3 is 14.6 Å². The molecule has 0 radical (unpaired) electrons. The molecule has 3 heterocycles. The molecule has 1 aliphatic rings. The number of rotatable bonds is 4. The molecule has 2 aromatic heterocycles. The average Bonchev–Trinajstić information content (AvgIpc) is 2.95. The van der Waals surface area contributed by atoms with Crippen molar-refractivity contribution in [3.63, 3.8) is 0 Å². The number of anilines is 2. The van der Waals surface area contributed by atoms with Gasteiger partial charge in [0.25, 0.3) is 0 Å². The van der Waals surface area contributed by atoms with Crippen LogP contribution >= 0.6 is 0 Å². The van der Waals surface area contributed by atoms with Gasteiger partial charge in [-0.3, -0.25) is 4.90 Å². The van der Waals surface area contributed by atoms with Crippen LogP contribution in [-0.2, 0) is 0 Å². The predicted octanol–water partition coefficient (Wildman–Crippen LogP) is 1.69. The quantitative estimate of drug-likeness (QED) is 0.928. The van der Waals surface area contributed by atoms with E-state index < -0.39 is 0 Å². The topological polar surface area (TPSA) is 48.7 Å². The molecule has 1 N–H and O–H groups in total. The molecular weight excluding hydrogens is 264 g/mol. The molecule has 0 spiro atoms. The third kappa shape index (κ3) is 2.68. The largest absolute Gasteiger partial charge is 0.369 e. The van der Waals surface area contributed by atoms with Crippen LogP contribution in [0.2, 0.25) is 0 Å². The van der Waals surface area contributed by atoms with E-state index in [1.165, 1.54) is 0 Å². The van der Waals surface area contributed by atoms with E-state index in [1.807, 2.05) is 18.6 Å². The summed E-state index contributed by atoms with van der Waals surface area (Å²) in [5.74, 6) is 1.89. The van der Waals surface area contributed by atoms with Crippen LogP contribution in [0.4, 0.5) is 11.6 Å². The third-order valence-corrected chi connectivity index (χ3v) is 4.19. The van der Waals surface area contributed by atoms with Crippen LogP contribution in [0.25, 0.3) is 5.65 Å². The van der Waals surface area contributed by atoms with Crippen molar-refractivity contribution in [1.82, 2.24) is 19.3 Å². The highest BCUT2D eigenvalue weighted by Crippen LogP contribution is 2.23. The Hall–Kier alpha value is -1.82. The second kappa shape index (κ2) is 5.89. The molecule has 114 valence electrons. The zero-order chi connectivity index (χ0) is 14.8. The van der Waals surface area contributed by atoms with E-state index in [1.54, 1.807) is 0 Å². The van der Waals surface area contributed by atoms with E-state index in [4.69, 9.17) is 4.98 Å². The maximum Gasteiger partial charge on any atom is 0.180 e. The number of imidazole rings is 1. The Balaban J connectivity index is 1.93. The van der Waals surface area contributed by atoms with Crippen LogP contribution in [0, 0.1) is 0 Å². The molecule has 6 heteroatoms. The van der Waals surface area contributed by atoms with Crippen LogP contribution < -0.4 is 10.2 Å². The standard InChI is InChI=1S/C15H24N6/c1-4-16-13-11-20-7-6-17-14(20)15(18-13)21-9-8-19(5-2)12(3)10-21/h6-7,11-12,16H,4-5,8-10H2,1-3H3. The van der Waals surface area contributed by atoms with Crippen molar-refractivity contribution >= 4 is 17.3 Å². The maximum atomic E-state index is 4.78. The highest BCUT2D eigenvalue weighted by atomic mass is 15.3. The highest BCUT2D eigenvalue weighted by molar-refractivity contribution is 5.67. The molecule has 0 aromatic carbocycles. The number of fused-ring (bicyclic) bond motifs is 1.